The highest BCUT2D eigenvalue weighted by Crippen LogP contribution is 2.36. The Kier molecular flexibility index (Phi) is 6.36. The number of hydrogen-bond acceptors (Lipinski definition) is 5. The van der Waals surface area contributed by atoms with Gasteiger partial charge in [-0.15, -0.1) is 0 Å². The number of nitrogens with two attached hydrogens (primary N) is 1. The summed E-state index contributed by atoms with van der Waals surface area (Å²) in [5.41, 5.74) is 0.503. The number of aromatic amines is 1. The maximum absolute atomic E-state index is 14.5. The number of anilines is 1. The van der Waals surface area contributed by atoms with E-state index in [-0.39, 0.29) is 27.8 Å². The van der Waals surface area contributed by atoms with Crippen molar-refractivity contribution in [2.24, 2.45) is 5.73 Å². The molecular formula is C23H15F4N5O6. The number of carboxylic acid groups (broad SMARTS) is 2. The molecule has 0 fully saturated rings. The summed E-state index contributed by atoms with van der Waals surface area (Å²) in [6.07, 6.45) is -2.50. The Bertz CT molecular complexity index is 1680. The third-order valence-corrected chi connectivity index (χ3v) is 5.44. The van der Waals surface area contributed by atoms with Crippen LogP contribution in [0.25, 0.3) is 16.7 Å². The number of fused-ring (bicyclic) bond motifs is 1. The van der Waals surface area contributed by atoms with E-state index in [4.69, 9.17) is 15.9 Å². The average Bonchev–Trinajstić information content (AvgIpc) is 3.29. The molecule has 2 aromatic carbocycles. The van der Waals surface area contributed by atoms with Gasteiger partial charge in [-0.1, -0.05) is 0 Å². The molecule has 0 saturated heterocycles. The number of carboxylic acids is 2. The predicted molar refractivity (Wildman–Crippen MR) is 123 cm³/mol. The molecule has 0 atom stereocenters. The molecule has 0 saturated carbocycles. The number of halogens is 4. The molecule has 0 bridgehead atoms. The van der Waals surface area contributed by atoms with Crippen molar-refractivity contribution in [1.82, 2.24) is 14.5 Å². The van der Waals surface area contributed by atoms with E-state index in [9.17, 15) is 36.7 Å². The Labute approximate surface area is 208 Å². The van der Waals surface area contributed by atoms with Crippen LogP contribution in [0.4, 0.5) is 28.0 Å². The van der Waals surface area contributed by atoms with Crippen LogP contribution < -0.4 is 16.2 Å². The third-order valence-electron chi connectivity index (χ3n) is 5.44. The van der Waals surface area contributed by atoms with Crippen LogP contribution in [0.1, 0.15) is 32.0 Å². The molecule has 11 nitrogen and oxygen atoms in total. The minimum atomic E-state index is -4.90. The van der Waals surface area contributed by atoms with Gasteiger partial charge in [0.15, 0.2) is 0 Å². The monoisotopic (exact) mass is 533 g/mol. The lowest BCUT2D eigenvalue weighted by atomic mass is 10.1. The number of carbonyl (C=O) groups is 3. The van der Waals surface area contributed by atoms with Crippen molar-refractivity contribution < 1.29 is 42.2 Å². The second kappa shape index (κ2) is 9.34. The molecule has 0 aliphatic rings. The number of alkyl halides is 3. The van der Waals surface area contributed by atoms with Crippen LogP contribution in [0.2, 0.25) is 0 Å². The van der Waals surface area contributed by atoms with Gasteiger partial charge in [0.2, 0.25) is 5.69 Å². The van der Waals surface area contributed by atoms with Gasteiger partial charge in [-0.05, 0) is 42.0 Å². The zero-order chi connectivity index (χ0) is 27.9. The third kappa shape index (κ3) is 4.88. The molecule has 196 valence electrons. The summed E-state index contributed by atoms with van der Waals surface area (Å²) < 4.78 is 57.2. The second-order valence-electron chi connectivity index (χ2n) is 7.93. The summed E-state index contributed by atoms with van der Waals surface area (Å²) in [7, 11) is 0. The van der Waals surface area contributed by atoms with Crippen molar-refractivity contribution in [3.8, 4) is 5.69 Å². The van der Waals surface area contributed by atoms with Gasteiger partial charge < -0.3 is 25.5 Å². The number of rotatable bonds is 6. The van der Waals surface area contributed by atoms with Gasteiger partial charge in [-0.3, -0.25) is 9.69 Å². The lowest BCUT2D eigenvalue weighted by molar-refractivity contribution is -0.137. The fourth-order valence-corrected chi connectivity index (χ4v) is 3.72. The first-order valence-electron chi connectivity index (χ1n) is 10.4. The number of benzene rings is 2. The first kappa shape index (κ1) is 25.9. The fraction of sp³-hybridized carbons (Fsp3) is 0.0870. The standard InChI is InChI=1S/C23H15F4N5O6/c24-13-5-11(20(34)35)1-2-16(13)32(22(28)38)9-10-3-4-31(8-10)17-7-15-14(6-12(17)23(25,26)27)30-19(33)18(29-15)21(36)37/h1-8H,9H2,(H2,28,38)(H,30,33)(H,34,35)(H,36,37). The van der Waals surface area contributed by atoms with Crippen molar-refractivity contribution in [2.45, 2.75) is 12.7 Å². The van der Waals surface area contributed by atoms with Crippen molar-refractivity contribution in [1.29, 1.82) is 0 Å². The highest BCUT2D eigenvalue weighted by molar-refractivity contribution is 5.93. The maximum Gasteiger partial charge on any atom is 0.418 e. The quantitative estimate of drug-likeness (QED) is 0.275. The molecular weight excluding hydrogens is 518 g/mol. The summed E-state index contributed by atoms with van der Waals surface area (Å²) in [5, 5.41) is 18.1. The largest absolute Gasteiger partial charge is 0.478 e. The molecule has 15 heteroatoms. The summed E-state index contributed by atoms with van der Waals surface area (Å²) >= 11 is 0. The number of aromatic carboxylic acids is 2. The van der Waals surface area contributed by atoms with Crippen LogP contribution in [0.5, 0.6) is 0 Å². The van der Waals surface area contributed by atoms with Crippen LogP contribution in [0, 0.1) is 5.82 Å². The Morgan fingerprint density at radius 2 is 1.79 bits per heavy atom. The number of urea groups is 1. The van der Waals surface area contributed by atoms with Crippen LogP contribution in [0.15, 0.2) is 53.6 Å². The van der Waals surface area contributed by atoms with E-state index in [1.165, 1.54) is 18.5 Å². The number of H-pyrrole nitrogens is 1. The van der Waals surface area contributed by atoms with Gasteiger partial charge in [0.25, 0.3) is 5.56 Å². The molecule has 0 aliphatic heterocycles. The number of nitrogens with one attached hydrogen (secondary N) is 1. The van der Waals surface area contributed by atoms with Gasteiger partial charge in [0.05, 0.1) is 40.1 Å². The Hall–Kier alpha value is -5.21. The van der Waals surface area contributed by atoms with Gasteiger partial charge in [-0.2, -0.15) is 13.2 Å². The number of primary amides is 1. The number of amides is 2. The maximum atomic E-state index is 14.5. The molecule has 38 heavy (non-hydrogen) atoms. The molecule has 0 radical (unpaired) electrons. The molecule has 2 amide bonds. The van der Waals surface area contributed by atoms with Gasteiger partial charge in [0.1, 0.15) is 5.82 Å². The first-order chi connectivity index (χ1) is 17.8. The molecule has 2 heterocycles. The Balaban J connectivity index is 1.77. The van der Waals surface area contributed by atoms with E-state index >= 15 is 0 Å². The number of aromatic nitrogens is 3. The topological polar surface area (TPSA) is 172 Å². The molecule has 0 spiro atoms. The average molecular weight is 533 g/mol. The van der Waals surface area contributed by atoms with Gasteiger partial charge in [0, 0.05) is 12.4 Å². The van der Waals surface area contributed by atoms with Gasteiger partial charge >= 0.3 is 24.1 Å². The zero-order valence-corrected chi connectivity index (χ0v) is 18.8. The van der Waals surface area contributed by atoms with E-state index in [0.29, 0.717) is 12.1 Å². The highest BCUT2D eigenvalue weighted by atomic mass is 19.4. The summed E-state index contributed by atoms with van der Waals surface area (Å²) in [4.78, 5) is 52.6. The number of carbonyl (C=O) groups excluding carboxylic acids is 1. The lowest BCUT2D eigenvalue weighted by Gasteiger charge is -2.21. The number of nitrogens with zero attached hydrogens (tertiary/aromatic N) is 3. The van der Waals surface area contributed by atoms with Crippen molar-refractivity contribution in [2.75, 3.05) is 4.90 Å². The van der Waals surface area contributed by atoms with Gasteiger partial charge in [-0.25, -0.2) is 23.8 Å². The van der Waals surface area contributed by atoms with Crippen LogP contribution >= 0.6 is 0 Å². The van der Waals surface area contributed by atoms with E-state index < -0.39 is 59.0 Å². The summed E-state index contributed by atoms with van der Waals surface area (Å²) in [5.74, 6) is -4.14. The van der Waals surface area contributed by atoms with Crippen LogP contribution in [0.3, 0.4) is 0 Å². The molecule has 4 aromatic rings. The molecule has 0 aliphatic carbocycles. The van der Waals surface area contributed by atoms with Crippen molar-refractivity contribution in [3.05, 3.63) is 87.3 Å². The Morgan fingerprint density at radius 1 is 1.08 bits per heavy atom. The van der Waals surface area contributed by atoms with E-state index in [2.05, 4.69) is 9.97 Å². The molecule has 4 rings (SSSR count). The minimum absolute atomic E-state index is 0.208. The van der Waals surface area contributed by atoms with E-state index in [1.54, 1.807) is 0 Å². The van der Waals surface area contributed by atoms with Crippen molar-refractivity contribution >= 4 is 34.7 Å². The smallest absolute Gasteiger partial charge is 0.418 e. The van der Waals surface area contributed by atoms with Crippen molar-refractivity contribution in [3.63, 3.8) is 0 Å². The first-order valence-corrected chi connectivity index (χ1v) is 10.4. The predicted octanol–water partition coefficient (Wildman–Crippen LogP) is 3.35. The van der Waals surface area contributed by atoms with Crippen LogP contribution in [-0.2, 0) is 12.7 Å². The second-order valence-corrected chi connectivity index (χ2v) is 7.93. The molecule has 0 unspecified atom stereocenters. The molecule has 5 N–H and O–H groups in total. The molecule has 2 aromatic heterocycles. The minimum Gasteiger partial charge on any atom is -0.478 e. The highest BCUT2D eigenvalue weighted by Gasteiger charge is 2.35. The summed E-state index contributed by atoms with van der Waals surface area (Å²) in [6.45, 7) is -0.394. The lowest BCUT2D eigenvalue weighted by Crippen LogP contribution is -2.35. The summed E-state index contributed by atoms with van der Waals surface area (Å²) in [6, 6.07) is 4.52. The normalized spacial score (nSPS) is 11.5. The van der Waals surface area contributed by atoms with E-state index in [1.807, 2.05) is 0 Å². The number of hydrogen-bond donors (Lipinski definition) is 4. The fourth-order valence-electron chi connectivity index (χ4n) is 3.72. The Morgan fingerprint density at radius 3 is 2.37 bits per heavy atom. The zero-order valence-electron chi connectivity index (χ0n) is 18.8. The SMILES string of the molecule is NC(=O)N(Cc1ccn(-c2cc3nc(C(=O)O)c(=O)[nH]c3cc2C(F)(F)F)c1)c1ccc(C(=O)O)cc1F. The van der Waals surface area contributed by atoms with Crippen LogP contribution in [-0.4, -0.2) is 42.7 Å². The van der Waals surface area contributed by atoms with E-state index in [0.717, 1.165) is 27.7 Å².